The van der Waals surface area contributed by atoms with E-state index < -0.39 is 0 Å². The number of nitrogens with zero attached hydrogens (tertiary/aromatic N) is 2. The number of hydrogen-bond acceptors (Lipinski definition) is 2. The van der Waals surface area contributed by atoms with E-state index in [0.29, 0.717) is 6.54 Å². The molecule has 1 aliphatic heterocycles. The van der Waals surface area contributed by atoms with Gasteiger partial charge in [0.25, 0.3) is 0 Å². The monoisotopic (exact) mass is 380 g/mol. The van der Waals surface area contributed by atoms with E-state index in [1.807, 2.05) is 34.9 Å². The zero-order valence-corrected chi connectivity index (χ0v) is 15.9. The Balaban J connectivity index is 1.39. The van der Waals surface area contributed by atoms with Gasteiger partial charge in [0.05, 0.1) is 21.6 Å². The van der Waals surface area contributed by atoms with Crippen LogP contribution in [0, 0.1) is 6.92 Å². The highest BCUT2D eigenvalue weighted by atomic mass is 35.5. The van der Waals surface area contributed by atoms with Crippen LogP contribution in [0.1, 0.15) is 16.8 Å². The van der Waals surface area contributed by atoms with Crippen LogP contribution in [0.15, 0.2) is 41.2 Å². The first kappa shape index (κ1) is 16.7. The second-order valence-electron chi connectivity index (χ2n) is 7.38. The summed E-state index contributed by atoms with van der Waals surface area (Å²) in [7, 11) is 0. The van der Waals surface area contributed by atoms with Crippen molar-refractivity contribution in [3.8, 4) is 0 Å². The Hall–Kier alpha value is -2.50. The number of aryl methyl sites for hydroxylation is 1. The molecule has 2 aromatic heterocycles. The van der Waals surface area contributed by atoms with Gasteiger partial charge in [-0.2, -0.15) is 0 Å². The van der Waals surface area contributed by atoms with Crippen LogP contribution in [0.2, 0.25) is 5.02 Å². The van der Waals surface area contributed by atoms with Crippen molar-refractivity contribution in [2.24, 2.45) is 0 Å². The molecular formula is C21H21ClN4O. The zero-order valence-electron chi connectivity index (χ0n) is 15.2. The molecule has 0 spiro atoms. The third kappa shape index (κ3) is 2.78. The van der Waals surface area contributed by atoms with E-state index in [1.54, 1.807) is 0 Å². The Morgan fingerprint density at radius 2 is 2.00 bits per heavy atom. The minimum absolute atomic E-state index is 0.0400. The van der Waals surface area contributed by atoms with E-state index in [-0.39, 0.29) is 5.69 Å². The summed E-state index contributed by atoms with van der Waals surface area (Å²) >= 11 is 6.43. The number of halogens is 1. The van der Waals surface area contributed by atoms with Gasteiger partial charge in [0.15, 0.2) is 0 Å². The van der Waals surface area contributed by atoms with E-state index in [9.17, 15) is 4.79 Å². The van der Waals surface area contributed by atoms with Crippen molar-refractivity contribution >= 4 is 33.5 Å². The van der Waals surface area contributed by atoms with Crippen molar-refractivity contribution < 1.29 is 0 Å². The Kier molecular flexibility index (Phi) is 3.88. The standard InChI is InChI=1S/C21H21ClN4O/c1-13-10-15-14-6-7-25(12-18(14)23-20(15)16(22)11-13)8-9-26-19-5-3-2-4-17(19)24-21(26)27/h2-5,10-11,23H,6-9,12H2,1H3,(H,24,27). The second-order valence-corrected chi connectivity index (χ2v) is 7.78. The topological polar surface area (TPSA) is 56.8 Å². The first-order valence-electron chi connectivity index (χ1n) is 9.29. The van der Waals surface area contributed by atoms with E-state index in [0.717, 1.165) is 47.6 Å². The van der Waals surface area contributed by atoms with Gasteiger partial charge in [0.1, 0.15) is 0 Å². The lowest BCUT2D eigenvalue weighted by atomic mass is 10.0. The van der Waals surface area contributed by atoms with Crippen molar-refractivity contribution in [2.45, 2.75) is 26.4 Å². The van der Waals surface area contributed by atoms with Crippen molar-refractivity contribution in [3.05, 3.63) is 68.7 Å². The van der Waals surface area contributed by atoms with Crippen LogP contribution in [0.5, 0.6) is 0 Å². The van der Waals surface area contributed by atoms with Gasteiger partial charge in [-0.1, -0.05) is 23.7 Å². The number of nitrogens with one attached hydrogen (secondary N) is 2. The molecule has 0 saturated heterocycles. The summed E-state index contributed by atoms with van der Waals surface area (Å²) in [5.41, 5.74) is 6.68. The fourth-order valence-corrected chi connectivity index (χ4v) is 4.57. The number of fused-ring (bicyclic) bond motifs is 4. The van der Waals surface area contributed by atoms with Gasteiger partial charge < -0.3 is 9.97 Å². The average molecular weight is 381 g/mol. The normalized spacial score (nSPS) is 14.9. The van der Waals surface area contributed by atoms with E-state index in [4.69, 9.17) is 11.6 Å². The summed E-state index contributed by atoms with van der Waals surface area (Å²) in [4.78, 5) is 21.1. The van der Waals surface area contributed by atoms with E-state index in [2.05, 4.69) is 27.9 Å². The number of rotatable bonds is 3. The predicted molar refractivity (Wildman–Crippen MR) is 110 cm³/mol. The highest BCUT2D eigenvalue weighted by Gasteiger charge is 2.22. The maximum Gasteiger partial charge on any atom is 0.326 e. The molecule has 6 heteroatoms. The summed E-state index contributed by atoms with van der Waals surface area (Å²) in [5.74, 6) is 0. The van der Waals surface area contributed by atoms with Crippen LogP contribution in [0.3, 0.4) is 0 Å². The lowest BCUT2D eigenvalue weighted by molar-refractivity contribution is 0.242. The first-order valence-corrected chi connectivity index (χ1v) is 9.67. The van der Waals surface area contributed by atoms with Crippen molar-refractivity contribution in [1.82, 2.24) is 19.4 Å². The van der Waals surface area contributed by atoms with Crippen molar-refractivity contribution in [1.29, 1.82) is 0 Å². The molecule has 1 aliphatic rings. The summed E-state index contributed by atoms with van der Waals surface area (Å²) in [6.07, 6.45) is 0.998. The molecular weight excluding hydrogens is 360 g/mol. The Morgan fingerprint density at radius 1 is 1.15 bits per heavy atom. The summed E-state index contributed by atoms with van der Waals surface area (Å²) < 4.78 is 1.83. The molecule has 5 nitrogen and oxygen atoms in total. The van der Waals surface area contributed by atoms with Crippen LogP contribution in [0.4, 0.5) is 0 Å². The lowest BCUT2D eigenvalue weighted by Crippen LogP contribution is -2.34. The SMILES string of the molecule is Cc1cc(Cl)c2[nH]c3c(c2c1)CCN(CCn1c(=O)[nH]c2ccccc21)C3. The maximum absolute atomic E-state index is 12.3. The molecule has 0 saturated carbocycles. The highest BCUT2D eigenvalue weighted by molar-refractivity contribution is 6.35. The minimum Gasteiger partial charge on any atom is -0.356 e. The van der Waals surface area contributed by atoms with Gasteiger partial charge in [-0.25, -0.2) is 4.79 Å². The molecule has 4 aromatic rings. The van der Waals surface area contributed by atoms with E-state index in [1.165, 1.54) is 22.2 Å². The highest BCUT2D eigenvalue weighted by Crippen LogP contribution is 2.32. The molecule has 0 atom stereocenters. The van der Waals surface area contributed by atoms with Gasteiger partial charge in [-0.05, 0) is 48.7 Å². The number of para-hydroxylation sites is 2. The number of H-pyrrole nitrogens is 2. The number of hydrogen-bond donors (Lipinski definition) is 2. The average Bonchev–Trinajstić information content (AvgIpc) is 3.17. The summed E-state index contributed by atoms with van der Waals surface area (Å²) in [6, 6.07) is 12.1. The van der Waals surface area contributed by atoms with Crippen LogP contribution >= 0.6 is 11.6 Å². The Labute approximate surface area is 161 Å². The molecule has 138 valence electrons. The molecule has 3 heterocycles. The first-order chi connectivity index (χ1) is 13.1. The molecule has 0 radical (unpaired) electrons. The summed E-state index contributed by atoms with van der Waals surface area (Å²) in [6.45, 7) is 5.44. The molecule has 2 N–H and O–H groups in total. The summed E-state index contributed by atoms with van der Waals surface area (Å²) in [5, 5.41) is 2.04. The molecule has 0 bridgehead atoms. The molecule has 2 aromatic carbocycles. The quantitative estimate of drug-likeness (QED) is 0.567. The molecule has 0 unspecified atom stereocenters. The van der Waals surface area contributed by atoms with Crippen LogP contribution in [0.25, 0.3) is 21.9 Å². The number of aromatic nitrogens is 3. The van der Waals surface area contributed by atoms with E-state index >= 15 is 0 Å². The van der Waals surface area contributed by atoms with Gasteiger partial charge in [-0.3, -0.25) is 9.47 Å². The minimum atomic E-state index is -0.0400. The van der Waals surface area contributed by atoms with Gasteiger partial charge in [0.2, 0.25) is 0 Å². The molecule has 5 rings (SSSR count). The van der Waals surface area contributed by atoms with Crippen molar-refractivity contribution in [3.63, 3.8) is 0 Å². The fraction of sp³-hybridized carbons (Fsp3) is 0.286. The zero-order chi connectivity index (χ0) is 18.5. The smallest absolute Gasteiger partial charge is 0.326 e. The fourth-order valence-electron chi connectivity index (χ4n) is 4.25. The number of benzene rings is 2. The molecule has 27 heavy (non-hydrogen) atoms. The third-order valence-electron chi connectivity index (χ3n) is 5.58. The Bertz CT molecular complexity index is 1220. The van der Waals surface area contributed by atoms with Gasteiger partial charge in [-0.15, -0.1) is 0 Å². The predicted octanol–water partition coefficient (Wildman–Crippen LogP) is 3.83. The lowest BCUT2D eigenvalue weighted by Gasteiger charge is -2.27. The molecule has 0 amide bonds. The largest absolute Gasteiger partial charge is 0.356 e. The van der Waals surface area contributed by atoms with Crippen LogP contribution in [-0.2, 0) is 19.5 Å². The van der Waals surface area contributed by atoms with Crippen LogP contribution < -0.4 is 5.69 Å². The number of imidazole rings is 1. The third-order valence-corrected chi connectivity index (χ3v) is 5.88. The Morgan fingerprint density at radius 3 is 2.89 bits per heavy atom. The van der Waals surface area contributed by atoms with Crippen molar-refractivity contribution in [2.75, 3.05) is 13.1 Å². The number of aromatic amines is 2. The maximum atomic E-state index is 12.3. The van der Waals surface area contributed by atoms with Gasteiger partial charge in [0, 0.05) is 37.3 Å². The second kappa shape index (κ2) is 6.29. The molecule has 0 aliphatic carbocycles. The van der Waals surface area contributed by atoms with Crippen LogP contribution in [-0.4, -0.2) is 32.5 Å². The van der Waals surface area contributed by atoms with Gasteiger partial charge >= 0.3 is 5.69 Å². The molecule has 0 fully saturated rings.